The van der Waals surface area contributed by atoms with Crippen molar-refractivity contribution in [1.82, 2.24) is 9.80 Å². The molecule has 1 saturated carbocycles. The van der Waals surface area contributed by atoms with Crippen molar-refractivity contribution in [2.24, 2.45) is 23.7 Å². The summed E-state index contributed by atoms with van der Waals surface area (Å²) in [6.07, 6.45) is 2.72. The van der Waals surface area contributed by atoms with Crippen molar-refractivity contribution in [3.8, 4) is 5.75 Å². The van der Waals surface area contributed by atoms with Gasteiger partial charge in [0.1, 0.15) is 5.75 Å². The summed E-state index contributed by atoms with van der Waals surface area (Å²) < 4.78 is 6.30. The molecule has 196 valence electrons. The molecule has 0 unspecified atom stereocenters. The predicted molar refractivity (Wildman–Crippen MR) is 137 cm³/mol. The molecule has 0 bridgehead atoms. The van der Waals surface area contributed by atoms with Crippen LogP contribution in [-0.2, 0) is 20.9 Å². The van der Waals surface area contributed by atoms with Gasteiger partial charge in [0.25, 0.3) is 0 Å². The number of carbonyl (C=O) groups excluding carboxylic acids is 2. The van der Waals surface area contributed by atoms with Crippen LogP contribution in [0.15, 0.2) is 54.6 Å². The highest BCUT2D eigenvalue weighted by atomic mass is 16.6. The van der Waals surface area contributed by atoms with Gasteiger partial charge in [0.05, 0.1) is 17.9 Å². The van der Waals surface area contributed by atoms with E-state index in [0.29, 0.717) is 19.3 Å². The molecule has 1 aliphatic carbocycles. The second-order valence-electron chi connectivity index (χ2n) is 11.3. The van der Waals surface area contributed by atoms with E-state index in [1.807, 2.05) is 31.2 Å². The summed E-state index contributed by atoms with van der Waals surface area (Å²) in [7, 11) is 0. The molecule has 3 heterocycles. The molecule has 3 aliphatic heterocycles. The van der Waals surface area contributed by atoms with E-state index in [4.69, 9.17) is 4.74 Å². The summed E-state index contributed by atoms with van der Waals surface area (Å²) in [6.45, 7) is 4.58. The first kappa shape index (κ1) is 24.6. The maximum absolute atomic E-state index is 13.9. The molecule has 0 radical (unpaired) electrons. The minimum absolute atomic E-state index is 0.0576. The van der Waals surface area contributed by atoms with E-state index in [0.717, 1.165) is 38.0 Å². The summed E-state index contributed by atoms with van der Waals surface area (Å²) in [5.74, 6) is -3.09. The number of carbonyl (C=O) groups is 2. The van der Waals surface area contributed by atoms with E-state index in [-0.39, 0.29) is 29.5 Å². The first-order valence-corrected chi connectivity index (χ1v) is 13.7. The Balaban J connectivity index is 1.20. The Morgan fingerprint density at radius 1 is 1.00 bits per heavy atom. The zero-order valence-corrected chi connectivity index (χ0v) is 21.3. The number of imide groups is 1. The summed E-state index contributed by atoms with van der Waals surface area (Å²) in [5.41, 5.74) is 2.06. The molecule has 6 rings (SSSR count). The van der Waals surface area contributed by atoms with Crippen LogP contribution >= 0.6 is 0 Å². The van der Waals surface area contributed by atoms with Gasteiger partial charge in [-0.1, -0.05) is 49.4 Å². The van der Waals surface area contributed by atoms with Crippen molar-refractivity contribution in [3.05, 3.63) is 65.7 Å². The summed E-state index contributed by atoms with van der Waals surface area (Å²) in [6, 6.07) is 17.2. The lowest BCUT2D eigenvalue weighted by Crippen LogP contribution is -2.53. The molecular formula is C30H36N2O5. The fraction of sp³-hybridized carbons (Fsp3) is 0.533. The van der Waals surface area contributed by atoms with Crippen molar-refractivity contribution in [2.75, 3.05) is 13.1 Å². The molecule has 3 saturated heterocycles. The summed E-state index contributed by atoms with van der Waals surface area (Å²) >= 11 is 0. The molecule has 4 fully saturated rings. The third kappa shape index (κ3) is 4.17. The molecule has 2 aromatic carbocycles. The fourth-order valence-electron chi connectivity index (χ4n) is 7.44. The van der Waals surface area contributed by atoms with E-state index in [1.165, 1.54) is 5.56 Å². The second kappa shape index (κ2) is 9.53. The number of ether oxygens (including phenoxy) is 1. The Morgan fingerprint density at radius 3 is 2.46 bits per heavy atom. The smallest absolute Gasteiger partial charge is 0.233 e. The Labute approximate surface area is 218 Å². The summed E-state index contributed by atoms with van der Waals surface area (Å²) in [5, 5.41) is 21.8. The zero-order valence-electron chi connectivity index (χ0n) is 21.3. The van der Waals surface area contributed by atoms with E-state index in [2.05, 4.69) is 17.0 Å². The molecule has 0 aromatic heterocycles. The average molecular weight is 505 g/mol. The lowest BCUT2D eigenvalue weighted by atomic mass is 9.64. The molecule has 0 spiro atoms. The molecule has 2 aromatic rings. The van der Waals surface area contributed by atoms with Crippen molar-refractivity contribution in [1.29, 1.82) is 0 Å². The number of phenols is 1. The monoisotopic (exact) mass is 504 g/mol. The van der Waals surface area contributed by atoms with Gasteiger partial charge in [0, 0.05) is 37.5 Å². The van der Waals surface area contributed by atoms with Gasteiger partial charge in [-0.3, -0.25) is 19.4 Å². The van der Waals surface area contributed by atoms with Gasteiger partial charge < -0.3 is 14.9 Å². The number of piperidine rings is 1. The quantitative estimate of drug-likeness (QED) is 0.601. The number of amides is 2. The number of aliphatic hydroxyl groups is 1. The molecule has 4 aliphatic rings. The molecule has 7 heteroatoms. The number of hydrogen-bond donors (Lipinski definition) is 2. The molecule has 7 nitrogen and oxygen atoms in total. The molecule has 2 amide bonds. The average Bonchev–Trinajstić information content (AvgIpc) is 3.38. The lowest BCUT2D eigenvalue weighted by Gasteiger charge is -2.44. The normalized spacial score (nSPS) is 34.5. The van der Waals surface area contributed by atoms with Crippen molar-refractivity contribution in [2.45, 2.75) is 63.5 Å². The van der Waals surface area contributed by atoms with Crippen LogP contribution in [0.3, 0.4) is 0 Å². The Morgan fingerprint density at radius 2 is 1.76 bits per heavy atom. The number of nitrogens with zero attached hydrogens (tertiary/aromatic N) is 2. The van der Waals surface area contributed by atoms with Crippen LogP contribution in [0.1, 0.15) is 56.3 Å². The SMILES string of the molecule is CC[C@H]1C[C@@H]2C(=O)N(C3CCN(Cc4ccccc4)CC3)C(=O)[C@@H]2[C@@H]2C[C@@H](c3cccc(O)c3)O[C@]12O. The van der Waals surface area contributed by atoms with Crippen LogP contribution in [0.25, 0.3) is 0 Å². The Hall–Kier alpha value is -2.74. The Bertz CT molecular complexity index is 1160. The van der Waals surface area contributed by atoms with Crippen LogP contribution in [0.4, 0.5) is 0 Å². The number of aromatic hydroxyl groups is 1. The molecule has 6 atom stereocenters. The van der Waals surface area contributed by atoms with Crippen molar-refractivity contribution >= 4 is 11.8 Å². The number of phenolic OH excluding ortho intramolecular Hbond substituents is 1. The van der Waals surface area contributed by atoms with E-state index >= 15 is 0 Å². The van der Waals surface area contributed by atoms with Gasteiger partial charge in [-0.05, 0) is 55.4 Å². The molecule has 37 heavy (non-hydrogen) atoms. The molecular weight excluding hydrogens is 468 g/mol. The molecule has 2 N–H and O–H groups in total. The van der Waals surface area contributed by atoms with Gasteiger partial charge >= 0.3 is 0 Å². The van der Waals surface area contributed by atoms with Crippen molar-refractivity contribution in [3.63, 3.8) is 0 Å². The van der Waals surface area contributed by atoms with Crippen LogP contribution in [0.5, 0.6) is 5.75 Å². The van der Waals surface area contributed by atoms with Crippen LogP contribution in [0.2, 0.25) is 0 Å². The highest BCUT2D eigenvalue weighted by Crippen LogP contribution is 2.59. The van der Waals surface area contributed by atoms with Crippen LogP contribution < -0.4 is 0 Å². The van der Waals surface area contributed by atoms with E-state index < -0.39 is 29.6 Å². The second-order valence-corrected chi connectivity index (χ2v) is 11.3. The minimum atomic E-state index is -1.45. The largest absolute Gasteiger partial charge is 0.508 e. The topological polar surface area (TPSA) is 90.3 Å². The van der Waals surface area contributed by atoms with E-state index in [9.17, 15) is 19.8 Å². The number of likely N-dealkylation sites (tertiary alicyclic amines) is 2. The lowest BCUT2D eigenvalue weighted by molar-refractivity contribution is -0.269. The maximum Gasteiger partial charge on any atom is 0.233 e. The highest BCUT2D eigenvalue weighted by molar-refractivity contribution is 6.05. The number of benzene rings is 2. The van der Waals surface area contributed by atoms with Gasteiger partial charge in [0.2, 0.25) is 11.8 Å². The Kier molecular flexibility index (Phi) is 6.33. The maximum atomic E-state index is 13.9. The number of hydrogen-bond acceptors (Lipinski definition) is 6. The standard InChI is InChI=1S/C30H36N2O5/c1-2-21-16-24-27(25-17-26(37-30(21,25)36)20-9-6-10-23(33)15-20)29(35)32(28(24)34)22-11-13-31(14-12-22)18-19-7-4-3-5-8-19/h3-10,15,21-22,24-27,33,36H,2,11-14,16-18H2,1H3/t21-,24-,25-,26-,27-,30+/m0/s1. The third-order valence-corrected chi connectivity index (χ3v) is 9.30. The number of fused-ring (bicyclic) bond motifs is 3. The summed E-state index contributed by atoms with van der Waals surface area (Å²) in [4.78, 5) is 31.5. The van der Waals surface area contributed by atoms with Gasteiger partial charge in [-0.2, -0.15) is 0 Å². The van der Waals surface area contributed by atoms with Crippen LogP contribution in [-0.4, -0.2) is 56.7 Å². The third-order valence-electron chi connectivity index (χ3n) is 9.30. The van der Waals surface area contributed by atoms with Gasteiger partial charge in [-0.25, -0.2) is 0 Å². The minimum Gasteiger partial charge on any atom is -0.508 e. The number of rotatable bonds is 5. The fourth-order valence-corrected chi connectivity index (χ4v) is 7.44. The predicted octanol–water partition coefficient (Wildman–Crippen LogP) is 3.85. The zero-order chi connectivity index (χ0) is 25.7. The van der Waals surface area contributed by atoms with Gasteiger partial charge in [0.15, 0.2) is 5.79 Å². The highest BCUT2D eigenvalue weighted by Gasteiger charge is 2.66. The first-order valence-electron chi connectivity index (χ1n) is 13.7. The van der Waals surface area contributed by atoms with Crippen LogP contribution in [0, 0.1) is 23.7 Å². The van der Waals surface area contributed by atoms with E-state index in [1.54, 1.807) is 23.1 Å². The van der Waals surface area contributed by atoms with Crippen molar-refractivity contribution < 1.29 is 24.5 Å². The van der Waals surface area contributed by atoms with Gasteiger partial charge in [-0.15, -0.1) is 0 Å². The first-order chi connectivity index (χ1) is 17.9.